The monoisotopic (exact) mass is 431 g/mol. The lowest BCUT2D eigenvalue weighted by molar-refractivity contribution is -0.131. The van der Waals surface area contributed by atoms with Crippen molar-refractivity contribution < 1.29 is 9.59 Å². The third-order valence-electron chi connectivity index (χ3n) is 5.91. The van der Waals surface area contributed by atoms with Crippen LogP contribution in [0.2, 0.25) is 5.02 Å². The van der Waals surface area contributed by atoms with Gasteiger partial charge in [0, 0.05) is 56.8 Å². The summed E-state index contributed by atoms with van der Waals surface area (Å²) in [5, 5.41) is 2.66. The van der Waals surface area contributed by atoms with E-state index < -0.39 is 0 Å². The van der Waals surface area contributed by atoms with Crippen molar-refractivity contribution in [2.75, 3.05) is 32.7 Å². The van der Waals surface area contributed by atoms with Crippen molar-refractivity contribution >= 4 is 34.8 Å². The van der Waals surface area contributed by atoms with Crippen LogP contribution in [0.4, 0.5) is 0 Å². The molecule has 29 heavy (non-hydrogen) atoms. The van der Waals surface area contributed by atoms with Crippen molar-refractivity contribution in [1.82, 2.24) is 14.7 Å². The van der Waals surface area contributed by atoms with E-state index in [0.717, 1.165) is 56.0 Å². The zero-order valence-electron chi connectivity index (χ0n) is 16.4. The number of hydrogen-bond acceptors (Lipinski definition) is 4. The first-order valence-corrected chi connectivity index (χ1v) is 11.4. The van der Waals surface area contributed by atoms with Crippen molar-refractivity contribution in [3.05, 3.63) is 57.2 Å². The number of carbonyl (C=O) groups excluding carboxylic acids is 2. The maximum absolute atomic E-state index is 12.6. The molecule has 7 heteroatoms. The minimum absolute atomic E-state index is 0.143. The van der Waals surface area contributed by atoms with Gasteiger partial charge in [0.25, 0.3) is 5.91 Å². The average Bonchev–Trinajstić information content (AvgIpc) is 3.22. The molecule has 154 valence electrons. The standard InChI is InChI=1S/C22H26ClN3O2S/c23-18-5-3-17(4-6-18)16-26-10-9-19(7-8-21(26)27)24-11-13-25(14-12-24)22(28)20-2-1-15-29-20/h1-6,15,19H,7-14,16H2. The van der Waals surface area contributed by atoms with Crippen LogP contribution in [0.25, 0.3) is 0 Å². The Morgan fingerprint density at radius 2 is 1.79 bits per heavy atom. The maximum atomic E-state index is 12.6. The molecule has 1 aromatic carbocycles. The Morgan fingerprint density at radius 3 is 2.48 bits per heavy atom. The van der Waals surface area contributed by atoms with E-state index in [1.54, 1.807) is 0 Å². The van der Waals surface area contributed by atoms with Gasteiger partial charge in [-0.2, -0.15) is 0 Å². The van der Waals surface area contributed by atoms with Gasteiger partial charge < -0.3 is 9.80 Å². The molecule has 0 bridgehead atoms. The van der Waals surface area contributed by atoms with Gasteiger partial charge in [-0.1, -0.05) is 29.8 Å². The average molecular weight is 432 g/mol. The molecule has 3 heterocycles. The predicted octanol–water partition coefficient (Wildman–Crippen LogP) is 3.74. The Labute approximate surface area is 180 Å². The molecular weight excluding hydrogens is 406 g/mol. The molecule has 2 saturated heterocycles. The number of hydrogen-bond donors (Lipinski definition) is 0. The summed E-state index contributed by atoms with van der Waals surface area (Å²) < 4.78 is 0. The van der Waals surface area contributed by atoms with Crippen molar-refractivity contribution in [3.63, 3.8) is 0 Å². The Bertz CT molecular complexity index is 832. The number of likely N-dealkylation sites (tertiary alicyclic amines) is 1. The third kappa shape index (κ3) is 5.00. The van der Waals surface area contributed by atoms with Crippen LogP contribution in [0, 0.1) is 0 Å². The maximum Gasteiger partial charge on any atom is 0.264 e. The molecule has 2 aliphatic heterocycles. The molecule has 2 fully saturated rings. The van der Waals surface area contributed by atoms with Gasteiger partial charge in [0.1, 0.15) is 0 Å². The normalized spacial score (nSPS) is 21.3. The van der Waals surface area contributed by atoms with E-state index in [2.05, 4.69) is 4.90 Å². The Morgan fingerprint density at radius 1 is 1.03 bits per heavy atom. The van der Waals surface area contributed by atoms with Crippen LogP contribution >= 0.6 is 22.9 Å². The lowest BCUT2D eigenvalue weighted by Gasteiger charge is -2.39. The molecule has 1 unspecified atom stereocenters. The fourth-order valence-corrected chi connectivity index (χ4v) is 5.03. The molecule has 0 radical (unpaired) electrons. The minimum atomic E-state index is 0.143. The quantitative estimate of drug-likeness (QED) is 0.740. The summed E-state index contributed by atoms with van der Waals surface area (Å²) in [6.45, 7) is 4.71. The minimum Gasteiger partial charge on any atom is -0.338 e. The molecular formula is C22H26ClN3O2S. The van der Waals surface area contributed by atoms with Crippen LogP contribution in [0.15, 0.2) is 41.8 Å². The number of nitrogens with zero attached hydrogens (tertiary/aromatic N) is 3. The van der Waals surface area contributed by atoms with E-state index in [-0.39, 0.29) is 11.8 Å². The Hall–Kier alpha value is -1.89. The molecule has 0 spiro atoms. The number of halogens is 1. The topological polar surface area (TPSA) is 43.9 Å². The third-order valence-corrected chi connectivity index (χ3v) is 7.02. The Kier molecular flexibility index (Phi) is 6.53. The fourth-order valence-electron chi connectivity index (χ4n) is 4.21. The summed E-state index contributed by atoms with van der Waals surface area (Å²) in [4.78, 5) is 32.4. The summed E-state index contributed by atoms with van der Waals surface area (Å²) in [6, 6.07) is 12.0. The van der Waals surface area contributed by atoms with Crippen LogP contribution in [0.5, 0.6) is 0 Å². The molecule has 5 nitrogen and oxygen atoms in total. The number of benzene rings is 1. The van der Waals surface area contributed by atoms with Crippen LogP contribution in [0.1, 0.15) is 34.5 Å². The highest BCUT2D eigenvalue weighted by atomic mass is 35.5. The first kappa shape index (κ1) is 20.4. The lowest BCUT2D eigenvalue weighted by Crippen LogP contribution is -2.52. The van der Waals surface area contributed by atoms with E-state index in [9.17, 15) is 9.59 Å². The molecule has 2 aromatic rings. The smallest absolute Gasteiger partial charge is 0.264 e. The van der Waals surface area contributed by atoms with Crippen molar-refractivity contribution in [1.29, 1.82) is 0 Å². The summed E-state index contributed by atoms with van der Waals surface area (Å²) in [5.74, 6) is 0.374. The Balaban J connectivity index is 1.30. The zero-order chi connectivity index (χ0) is 20.2. The van der Waals surface area contributed by atoms with Gasteiger partial charge in [0.05, 0.1) is 4.88 Å². The second-order valence-corrected chi connectivity index (χ2v) is 9.11. The lowest BCUT2D eigenvalue weighted by atomic mass is 10.1. The highest BCUT2D eigenvalue weighted by Crippen LogP contribution is 2.22. The van der Waals surface area contributed by atoms with Crippen molar-refractivity contribution in [2.24, 2.45) is 0 Å². The van der Waals surface area contributed by atoms with Crippen LogP contribution in [-0.4, -0.2) is 65.3 Å². The second-order valence-electron chi connectivity index (χ2n) is 7.73. The van der Waals surface area contributed by atoms with Crippen molar-refractivity contribution in [3.8, 4) is 0 Å². The summed E-state index contributed by atoms with van der Waals surface area (Å²) in [5.41, 5.74) is 1.11. The van der Waals surface area contributed by atoms with Gasteiger partial charge >= 0.3 is 0 Å². The van der Waals surface area contributed by atoms with Crippen LogP contribution in [-0.2, 0) is 11.3 Å². The highest BCUT2D eigenvalue weighted by molar-refractivity contribution is 7.12. The molecule has 2 amide bonds. The predicted molar refractivity (Wildman–Crippen MR) is 116 cm³/mol. The second kappa shape index (κ2) is 9.28. The number of carbonyl (C=O) groups is 2. The molecule has 1 atom stereocenters. The molecule has 2 aliphatic rings. The molecule has 0 aliphatic carbocycles. The molecule has 4 rings (SSSR count). The van der Waals surface area contributed by atoms with E-state index >= 15 is 0 Å². The zero-order valence-corrected chi connectivity index (χ0v) is 18.0. The van der Waals surface area contributed by atoms with E-state index in [1.807, 2.05) is 51.6 Å². The van der Waals surface area contributed by atoms with E-state index in [0.29, 0.717) is 24.0 Å². The number of amides is 2. The highest BCUT2D eigenvalue weighted by Gasteiger charge is 2.30. The van der Waals surface area contributed by atoms with E-state index in [4.69, 9.17) is 11.6 Å². The van der Waals surface area contributed by atoms with Crippen molar-refractivity contribution in [2.45, 2.75) is 31.8 Å². The number of thiophene rings is 1. The molecule has 0 saturated carbocycles. The van der Waals surface area contributed by atoms with Gasteiger partial charge in [0.15, 0.2) is 0 Å². The van der Waals surface area contributed by atoms with Gasteiger partial charge in [-0.25, -0.2) is 0 Å². The molecule has 1 aromatic heterocycles. The van der Waals surface area contributed by atoms with Gasteiger partial charge in [-0.05, 0) is 42.0 Å². The fraction of sp³-hybridized carbons (Fsp3) is 0.455. The first-order valence-electron chi connectivity index (χ1n) is 10.2. The first-order chi connectivity index (χ1) is 14.1. The number of piperazine rings is 1. The summed E-state index contributed by atoms with van der Waals surface area (Å²) in [7, 11) is 0. The van der Waals surface area contributed by atoms with Crippen LogP contribution in [0.3, 0.4) is 0 Å². The SMILES string of the molecule is O=C1CCC(N2CCN(C(=O)c3cccs3)CC2)CCN1Cc1ccc(Cl)cc1. The summed E-state index contributed by atoms with van der Waals surface area (Å²) in [6.07, 6.45) is 2.47. The van der Waals surface area contributed by atoms with E-state index in [1.165, 1.54) is 11.3 Å². The number of rotatable bonds is 4. The molecule has 0 N–H and O–H groups in total. The largest absolute Gasteiger partial charge is 0.338 e. The summed E-state index contributed by atoms with van der Waals surface area (Å²) >= 11 is 7.47. The van der Waals surface area contributed by atoms with Crippen LogP contribution < -0.4 is 0 Å². The van der Waals surface area contributed by atoms with Gasteiger partial charge in [-0.15, -0.1) is 11.3 Å². The van der Waals surface area contributed by atoms with Gasteiger partial charge in [-0.3, -0.25) is 14.5 Å². The van der Waals surface area contributed by atoms with Gasteiger partial charge in [0.2, 0.25) is 5.91 Å².